The maximum atomic E-state index is 4.32. The number of hydrogen-bond acceptors (Lipinski definition) is 2. The molecule has 1 N–H and O–H groups in total. The number of nitrogens with zero attached hydrogens (tertiary/aromatic N) is 2. The summed E-state index contributed by atoms with van der Waals surface area (Å²) in [5.74, 6) is 1.14. The Labute approximate surface area is 73.8 Å². The van der Waals surface area contributed by atoms with E-state index >= 15 is 0 Å². The van der Waals surface area contributed by atoms with E-state index in [2.05, 4.69) is 35.6 Å². The molecule has 0 atom stereocenters. The van der Waals surface area contributed by atoms with Crippen LogP contribution < -0.4 is 5.32 Å². The van der Waals surface area contributed by atoms with E-state index in [4.69, 9.17) is 0 Å². The van der Waals surface area contributed by atoms with E-state index in [9.17, 15) is 0 Å². The summed E-state index contributed by atoms with van der Waals surface area (Å²) in [6, 6.07) is 0. The lowest BCUT2D eigenvalue weighted by molar-refractivity contribution is 0.620. The van der Waals surface area contributed by atoms with Crippen LogP contribution in [-0.4, -0.2) is 16.1 Å². The van der Waals surface area contributed by atoms with Crippen LogP contribution in [0.2, 0.25) is 0 Å². The number of imidazole rings is 1. The zero-order valence-corrected chi connectivity index (χ0v) is 8.09. The van der Waals surface area contributed by atoms with Crippen molar-refractivity contribution in [3.63, 3.8) is 0 Å². The normalized spacial score (nSPS) is 10.6. The predicted octanol–water partition coefficient (Wildman–Crippen LogP) is 1.32. The fraction of sp³-hybridized carbons (Fsp3) is 0.667. The van der Waals surface area contributed by atoms with Crippen molar-refractivity contribution in [1.29, 1.82) is 0 Å². The summed E-state index contributed by atoms with van der Waals surface area (Å²) in [5, 5.41) is 3.27. The summed E-state index contributed by atoms with van der Waals surface area (Å²) in [5.41, 5.74) is 1.24. The molecule has 3 heteroatoms. The Kier molecular flexibility index (Phi) is 3.29. The highest BCUT2D eigenvalue weighted by atomic mass is 15.1. The highest BCUT2D eigenvalue weighted by Gasteiger charge is 2.02. The molecule has 1 rings (SSSR count). The third-order valence-corrected chi connectivity index (χ3v) is 1.99. The monoisotopic (exact) mass is 167 g/mol. The molecule has 1 heterocycles. The van der Waals surface area contributed by atoms with Crippen LogP contribution in [0.4, 0.5) is 0 Å². The smallest absolute Gasteiger partial charge is 0.122 e. The lowest BCUT2D eigenvalue weighted by Crippen LogP contribution is -2.16. The molecular formula is C9H17N3. The first kappa shape index (κ1) is 9.26. The molecule has 0 saturated carbocycles. The van der Waals surface area contributed by atoms with Gasteiger partial charge in [-0.15, -0.1) is 0 Å². The lowest BCUT2D eigenvalue weighted by atomic mass is 10.5. The summed E-state index contributed by atoms with van der Waals surface area (Å²) in [4.78, 5) is 4.32. The molecule has 0 aliphatic carbocycles. The second-order valence-electron chi connectivity index (χ2n) is 2.84. The molecule has 0 spiro atoms. The van der Waals surface area contributed by atoms with Gasteiger partial charge in [-0.1, -0.05) is 6.92 Å². The molecule has 0 aliphatic rings. The van der Waals surface area contributed by atoms with E-state index in [1.165, 1.54) is 5.69 Å². The van der Waals surface area contributed by atoms with E-state index < -0.39 is 0 Å². The standard InChI is InChI=1S/C9H17N3/c1-4-10-7-9-11-6-8(3)12(9)5-2/h6,10H,4-5,7H2,1-3H3. The van der Waals surface area contributed by atoms with Crippen LogP contribution in [0.25, 0.3) is 0 Å². The van der Waals surface area contributed by atoms with E-state index in [0.717, 1.165) is 25.5 Å². The Bertz CT molecular complexity index is 240. The molecule has 0 aromatic carbocycles. The highest BCUT2D eigenvalue weighted by molar-refractivity contribution is 5.02. The van der Waals surface area contributed by atoms with Crippen LogP contribution in [0.15, 0.2) is 6.20 Å². The van der Waals surface area contributed by atoms with E-state index in [1.54, 1.807) is 0 Å². The van der Waals surface area contributed by atoms with Crippen LogP contribution in [-0.2, 0) is 13.1 Å². The molecule has 0 radical (unpaired) electrons. The summed E-state index contributed by atoms with van der Waals surface area (Å²) in [6.45, 7) is 9.21. The number of hydrogen-bond donors (Lipinski definition) is 1. The molecule has 0 amide bonds. The van der Waals surface area contributed by atoms with Crippen LogP contribution >= 0.6 is 0 Å². The molecule has 0 aliphatic heterocycles. The zero-order chi connectivity index (χ0) is 8.97. The second-order valence-corrected chi connectivity index (χ2v) is 2.84. The maximum absolute atomic E-state index is 4.32. The molecule has 0 saturated heterocycles. The van der Waals surface area contributed by atoms with E-state index in [0.29, 0.717) is 0 Å². The van der Waals surface area contributed by atoms with Crippen LogP contribution in [0.1, 0.15) is 25.4 Å². The first-order valence-electron chi connectivity index (χ1n) is 4.51. The first-order chi connectivity index (χ1) is 5.79. The van der Waals surface area contributed by atoms with Crippen molar-refractivity contribution >= 4 is 0 Å². The first-order valence-corrected chi connectivity index (χ1v) is 4.51. The Morgan fingerprint density at radius 1 is 1.50 bits per heavy atom. The van der Waals surface area contributed by atoms with Gasteiger partial charge < -0.3 is 9.88 Å². The third kappa shape index (κ3) is 1.85. The summed E-state index contributed by atoms with van der Waals surface area (Å²) in [6.07, 6.45) is 1.93. The number of rotatable bonds is 4. The van der Waals surface area contributed by atoms with Gasteiger partial charge in [-0.3, -0.25) is 0 Å². The van der Waals surface area contributed by atoms with Crippen molar-refractivity contribution in [1.82, 2.24) is 14.9 Å². The minimum atomic E-state index is 0.873. The average molecular weight is 167 g/mol. The van der Waals surface area contributed by atoms with Gasteiger partial charge in [-0.2, -0.15) is 0 Å². The molecule has 0 unspecified atom stereocenters. The minimum Gasteiger partial charge on any atom is -0.332 e. The van der Waals surface area contributed by atoms with Gasteiger partial charge >= 0.3 is 0 Å². The fourth-order valence-electron chi connectivity index (χ4n) is 1.32. The fourth-order valence-corrected chi connectivity index (χ4v) is 1.32. The molecule has 1 aromatic rings. The SMILES string of the molecule is CCNCc1ncc(C)n1CC. The van der Waals surface area contributed by atoms with Crippen molar-refractivity contribution < 1.29 is 0 Å². The van der Waals surface area contributed by atoms with Crippen molar-refractivity contribution in [3.05, 3.63) is 17.7 Å². The highest BCUT2D eigenvalue weighted by Crippen LogP contribution is 2.03. The van der Waals surface area contributed by atoms with Crippen molar-refractivity contribution in [2.24, 2.45) is 0 Å². The largest absolute Gasteiger partial charge is 0.332 e. The quantitative estimate of drug-likeness (QED) is 0.733. The Morgan fingerprint density at radius 3 is 2.83 bits per heavy atom. The van der Waals surface area contributed by atoms with Crippen molar-refractivity contribution in [2.75, 3.05) is 6.54 Å². The van der Waals surface area contributed by atoms with Gasteiger partial charge in [0, 0.05) is 18.4 Å². The van der Waals surface area contributed by atoms with Gasteiger partial charge in [-0.05, 0) is 20.4 Å². The topological polar surface area (TPSA) is 29.9 Å². The molecule has 3 nitrogen and oxygen atoms in total. The Hall–Kier alpha value is -0.830. The molecule has 0 fully saturated rings. The lowest BCUT2D eigenvalue weighted by Gasteiger charge is -2.06. The summed E-state index contributed by atoms with van der Waals surface area (Å²) < 4.78 is 2.22. The molecule has 1 aromatic heterocycles. The number of nitrogens with one attached hydrogen (secondary N) is 1. The van der Waals surface area contributed by atoms with E-state index in [1.807, 2.05) is 6.20 Å². The van der Waals surface area contributed by atoms with Gasteiger partial charge in [0.25, 0.3) is 0 Å². The summed E-state index contributed by atoms with van der Waals surface area (Å²) >= 11 is 0. The van der Waals surface area contributed by atoms with Gasteiger partial charge in [0.1, 0.15) is 5.82 Å². The predicted molar refractivity (Wildman–Crippen MR) is 50.0 cm³/mol. The third-order valence-electron chi connectivity index (χ3n) is 1.99. The van der Waals surface area contributed by atoms with Gasteiger partial charge in [0.15, 0.2) is 0 Å². The molecular weight excluding hydrogens is 150 g/mol. The van der Waals surface area contributed by atoms with Gasteiger partial charge in [-0.25, -0.2) is 4.98 Å². The maximum Gasteiger partial charge on any atom is 0.122 e. The zero-order valence-electron chi connectivity index (χ0n) is 8.09. The van der Waals surface area contributed by atoms with Crippen molar-refractivity contribution in [3.8, 4) is 0 Å². The van der Waals surface area contributed by atoms with Gasteiger partial charge in [0.2, 0.25) is 0 Å². The summed E-state index contributed by atoms with van der Waals surface area (Å²) in [7, 11) is 0. The molecule has 12 heavy (non-hydrogen) atoms. The Morgan fingerprint density at radius 2 is 2.25 bits per heavy atom. The molecule has 0 bridgehead atoms. The van der Waals surface area contributed by atoms with Crippen LogP contribution in [0.3, 0.4) is 0 Å². The number of aromatic nitrogens is 2. The molecule has 68 valence electrons. The minimum absolute atomic E-state index is 0.873. The van der Waals surface area contributed by atoms with Crippen LogP contribution in [0, 0.1) is 6.92 Å². The average Bonchev–Trinajstić information content (AvgIpc) is 2.43. The Balaban J connectivity index is 2.70. The van der Waals surface area contributed by atoms with Gasteiger partial charge in [0.05, 0.1) is 6.54 Å². The second kappa shape index (κ2) is 4.26. The van der Waals surface area contributed by atoms with Crippen molar-refractivity contribution in [2.45, 2.75) is 33.9 Å². The number of aryl methyl sites for hydroxylation is 1. The van der Waals surface area contributed by atoms with Crippen LogP contribution in [0.5, 0.6) is 0 Å². The van der Waals surface area contributed by atoms with E-state index in [-0.39, 0.29) is 0 Å².